The summed E-state index contributed by atoms with van der Waals surface area (Å²) in [5, 5.41) is 12.1. The lowest BCUT2D eigenvalue weighted by Crippen LogP contribution is -2.42. The zero-order valence-corrected chi connectivity index (χ0v) is 17.0. The minimum atomic E-state index is -0.532. The first-order valence-electron chi connectivity index (χ1n) is 8.51. The molecule has 0 bridgehead atoms. The molecular weight excluding hydrogens is 394 g/mol. The average Bonchev–Trinajstić information content (AvgIpc) is 3.38. The predicted molar refractivity (Wildman–Crippen MR) is 108 cm³/mol. The second kappa shape index (κ2) is 6.82. The molecule has 4 heterocycles. The smallest absolute Gasteiger partial charge is 0.271 e. The van der Waals surface area contributed by atoms with Crippen LogP contribution in [0.2, 0.25) is 0 Å². The van der Waals surface area contributed by atoms with Gasteiger partial charge in [-0.3, -0.25) is 14.5 Å². The number of likely N-dealkylation sites (N-methyl/N-ethyl adjacent to an activating group) is 1. The molecule has 0 radical (unpaired) electrons. The van der Waals surface area contributed by atoms with Gasteiger partial charge in [-0.05, 0) is 31.6 Å². The first-order valence-corrected chi connectivity index (χ1v) is 10.2. The summed E-state index contributed by atoms with van der Waals surface area (Å²) < 4.78 is 1.97. The number of aryl methyl sites for hydroxylation is 1. The second-order valence-corrected chi connectivity index (χ2v) is 8.15. The van der Waals surface area contributed by atoms with Gasteiger partial charge in [-0.25, -0.2) is 9.97 Å². The van der Waals surface area contributed by atoms with Gasteiger partial charge < -0.3 is 4.57 Å². The van der Waals surface area contributed by atoms with Gasteiger partial charge in [0.25, 0.3) is 11.8 Å². The van der Waals surface area contributed by atoms with Gasteiger partial charge >= 0.3 is 0 Å². The van der Waals surface area contributed by atoms with E-state index in [0.29, 0.717) is 11.1 Å². The van der Waals surface area contributed by atoms with Crippen LogP contribution in [0.4, 0.5) is 0 Å². The number of imidazole rings is 1. The highest BCUT2D eigenvalue weighted by atomic mass is 32.1. The summed E-state index contributed by atoms with van der Waals surface area (Å²) in [6.07, 6.45) is 3.48. The van der Waals surface area contributed by atoms with Crippen LogP contribution >= 0.6 is 22.7 Å². The van der Waals surface area contributed by atoms with E-state index in [1.54, 1.807) is 26.1 Å². The molecule has 0 fully saturated rings. The Morgan fingerprint density at radius 2 is 2.11 bits per heavy atom. The molecule has 1 aliphatic heterocycles. The summed E-state index contributed by atoms with van der Waals surface area (Å²) in [7, 11) is 1.93. The molecule has 0 spiro atoms. The molecule has 2 amide bonds. The molecule has 0 aliphatic carbocycles. The zero-order chi connectivity index (χ0) is 20.0. The number of nitriles is 1. The Balaban J connectivity index is 1.81. The molecule has 1 aliphatic rings. The maximum Gasteiger partial charge on any atom is 0.271 e. The SMILES string of the molecule is CCN1C(=O)C(C#N)=C(C)/C(=C/c2cc3c(nc(-c4nccs4)n3C)s2)C1=O. The fourth-order valence-corrected chi connectivity index (χ4v) is 4.81. The van der Waals surface area contributed by atoms with E-state index in [-0.39, 0.29) is 18.0 Å². The molecule has 0 atom stereocenters. The third kappa shape index (κ3) is 2.69. The van der Waals surface area contributed by atoms with Crippen LogP contribution in [0.15, 0.2) is 34.4 Å². The number of rotatable bonds is 3. The van der Waals surface area contributed by atoms with Gasteiger partial charge in [-0.15, -0.1) is 22.7 Å². The molecule has 7 nitrogen and oxygen atoms in total. The highest BCUT2D eigenvalue weighted by molar-refractivity contribution is 7.19. The molecule has 9 heteroatoms. The van der Waals surface area contributed by atoms with Crippen LogP contribution in [-0.4, -0.2) is 37.8 Å². The predicted octanol–water partition coefficient (Wildman–Crippen LogP) is 3.37. The minimum absolute atomic E-state index is 0.0120. The van der Waals surface area contributed by atoms with Crippen LogP contribution in [-0.2, 0) is 16.6 Å². The number of nitrogens with zero attached hydrogens (tertiary/aromatic N) is 5. The number of carbonyl (C=O) groups excluding carboxylic acids is 2. The van der Waals surface area contributed by atoms with E-state index in [1.165, 1.54) is 22.7 Å². The molecule has 28 heavy (non-hydrogen) atoms. The Labute approximate surface area is 168 Å². The number of carbonyl (C=O) groups is 2. The molecule has 0 aromatic carbocycles. The molecule has 0 N–H and O–H groups in total. The van der Waals surface area contributed by atoms with E-state index in [4.69, 9.17) is 0 Å². The van der Waals surface area contributed by atoms with Crippen molar-refractivity contribution in [2.75, 3.05) is 6.54 Å². The lowest BCUT2D eigenvalue weighted by molar-refractivity contribution is -0.140. The number of imide groups is 1. The average molecular weight is 409 g/mol. The third-order valence-electron chi connectivity index (χ3n) is 4.65. The molecule has 0 saturated heterocycles. The lowest BCUT2D eigenvalue weighted by atomic mass is 9.95. The quantitative estimate of drug-likeness (QED) is 0.488. The molecular formula is C19H15N5O2S2. The van der Waals surface area contributed by atoms with E-state index in [1.807, 2.05) is 29.1 Å². The Morgan fingerprint density at radius 1 is 1.32 bits per heavy atom. The van der Waals surface area contributed by atoms with Crippen LogP contribution in [0.1, 0.15) is 18.7 Å². The van der Waals surface area contributed by atoms with Crippen molar-refractivity contribution in [3.63, 3.8) is 0 Å². The molecule has 0 unspecified atom stereocenters. The molecule has 3 aromatic heterocycles. The summed E-state index contributed by atoms with van der Waals surface area (Å²) in [4.78, 5) is 36.8. The minimum Gasteiger partial charge on any atom is -0.324 e. The number of fused-ring (bicyclic) bond motifs is 1. The van der Waals surface area contributed by atoms with Crippen molar-refractivity contribution in [3.8, 4) is 16.9 Å². The Morgan fingerprint density at radius 3 is 2.71 bits per heavy atom. The van der Waals surface area contributed by atoms with Crippen LogP contribution in [0.5, 0.6) is 0 Å². The molecule has 140 valence electrons. The van der Waals surface area contributed by atoms with Crippen LogP contribution in [0.3, 0.4) is 0 Å². The number of thiophene rings is 1. The van der Waals surface area contributed by atoms with E-state index < -0.39 is 5.91 Å². The van der Waals surface area contributed by atoms with Crippen molar-refractivity contribution in [3.05, 3.63) is 39.2 Å². The fraction of sp³-hybridized carbons (Fsp3) is 0.211. The van der Waals surface area contributed by atoms with Gasteiger partial charge in [0, 0.05) is 35.6 Å². The van der Waals surface area contributed by atoms with Crippen molar-refractivity contribution >= 4 is 50.9 Å². The highest BCUT2D eigenvalue weighted by Crippen LogP contribution is 2.33. The summed E-state index contributed by atoms with van der Waals surface area (Å²) in [6.45, 7) is 3.57. The summed E-state index contributed by atoms with van der Waals surface area (Å²) in [5.74, 6) is -0.108. The molecule has 0 saturated carbocycles. The standard InChI is InChI=1S/C19H15N5O2S2/c1-4-24-18(25)12(10(2)13(9-20)19(24)26)7-11-8-14-16(28-11)22-15(23(14)3)17-21-5-6-27-17/h5-8H,4H2,1-3H3/b12-7-. The number of hydrogen-bond donors (Lipinski definition) is 0. The van der Waals surface area contributed by atoms with Gasteiger partial charge in [0.1, 0.15) is 16.5 Å². The Kier molecular flexibility index (Phi) is 4.45. The first kappa shape index (κ1) is 18.3. The van der Waals surface area contributed by atoms with E-state index >= 15 is 0 Å². The normalized spacial score (nSPS) is 16.5. The number of hydrogen-bond acceptors (Lipinski definition) is 7. The molecule has 4 rings (SSSR count). The van der Waals surface area contributed by atoms with Crippen molar-refractivity contribution in [2.24, 2.45) is 7.05 Å². The highest BCUT2D eigenvalue weighted by Gasteiger charge is 2.34. The maximum absolute atomic E-state index is 12.7. The van der Waals surface area contributed by atoms with E-state index in [9.17, 15) is 14.9 Å². The number of thiazole rings is 1. The van der Waals surface area contributed by atoms with Gasteiger partial charge in [-0.1, -0.05) is 0 Å². The second-order valence-electron chi connectivity index (χ2n) is 6.20. The molecule has 3 aromatic rings. The van der Waals surface area contributed by atoms with Crippen molar-refractivity contribution in [2.45, 2.75) is 13.8 Å². The van der Waals surface area contributed by atoms with Crippen molar-refractivity contribution in [1.82, 2.24) is 19.4 Å². The summed E-state index contributed by atoms with van der Waals surface area (Å²) in [6, 6.07) is 3.89. The van der Waals surface area contributed by atoms with Crippen LogP contribution in [0.25, 0.3) is 27.3 Å². The lowest BCUT2D eigenvalue weighted by Gasteiger charge is -2.26. The Bertz CT molecular complexity index is 1220. The zero-order valence-electron chi connectivity index (χ0n) is 15.4. The summed E-state index contributed by atoms with van der Waals surface area (Å²) in [5.41, 5.74) is 1.73. The monoisotopic (exact) mass is 409 g/mol. The largest absolute Gasteiger partial charge is 0.324 e. The van der Waals surface area contributed by atoms with E-state index in [2.05, 4.69) is 9.97 Å². The van der Waals surface area contributed by atoms with Crippen molar-refractivity contribution < 1.29 is 9.59 Å². The third-order valence-corrected chi connectivity index (χ3v) is 6.39. The topological polar surface area (TPSA) is 91.9 Å². The number of amides is 2. The maximum atomic E-state index is 12.7. The van der Waals surface area contributed by atoms with Gasteiger partial charge in [0.15, 0.2) is 10.8 Å². The van der Waals surface area contributed by atoms with Crippen LogP contribution < -0.4 is 0 Å². The van der Waals surface area contributed by atoms with Gasteiger partial charge in [0.2, 0.25) is 0 Å². The van der Waals surface area contributed by atoms with Gasteiger partial charge in [0.05, 0.1) is 5.52 Å². The fourth-order valence-electron chi connectivity index (χ4n) is 3.15. The van der Waals surface area contributed by atoms with Gasteiger partial charge in [-0.2, -0.15) is 5.26 Å². The van der Waals surface area contributed by atoms with Crippen LogP contribution in [0, 0.1) is 11.3 Å². The first-order chi connectivity index (χ1) is 13.5. The van der Waals surface area contributed by atoms with Crippen molar-refractivity contribution in [1.29, 1.82) is 5.26 Å². The number of aromatic nitrogens is 3. The van der Waals surface area contributed by atoms with E-state index in [0.717, 1.165) is 31.0 Å². The Hall–Kier alpha value is -3.09. The summed E-state index contributed by atoms with van der Waals surface area (Å²) >= 11 is 2.98.